The van der Waals surface area contributed by atoms with Gasteiger partial charge in [-0.15, -0.1) is 13.2 Å². The number of methoxy groups -OCH3 is 1. The largest absolute Gasteiger partial charge is 0.573 e. The minimum Gasteiger partial charge on any atom is -0.474 e. The van der Waals surface area contributed by atoms with Crippen molar-refractivity contribution in [3.63, 3.8) is 0 Å². The molecule has 0 aromatic heterocycles. The number of ether oxygens (including phenoxy) is 2. The predicted octanol–water partition coefficient (Wildman–Crippen LogP) is 2.34. The molecule has 22 heavy (non-hydrogen) atoms. The number of amides is 1. The van der Waals surface area contributed by atoms with Crippen molar-refractivity contribution < 1.29 is 32.2 Å². The molecule has 2 rings (SSSR count). The number of fused-ring (bicyclic) bond motifs is 1. The zero-order valence-corrected chi connectivity index (χ0v) is 10.9. The molecule has 9 heteroatoms. The summed E-state index contributed by atoms with van der Waals surface area (Å²) in [4.78, 5) is 26.3. The highest BCUT2D eigenvalue weighted by molar-refractivity contribution is 6.35. The van der Waals surface area contributed by atoms with Crippen LogP contribution in [0.25, 0.3) is 10.4 Å². The zero-order chi connectivity index (χ0) is 16.5. The number of rotatable bonds is 2. The highest BCUT2D eigenvalue weighted by atomic mass is 19.4. The van der Waals surface area contributed by atoms with E-state index in [9.17, 15) is 22.8 Å². The van der Waals surface area contributed by atoms with Crippen molar-refractivity contribution in [2.24, 2.45) is 0 Å². The Morgan fingerprint density at radius 1 is 1.36 bits per heavy atom. The van der Waals surface area contributed by atoms with Crippen LogP contribution in [0.15, 0.2) is 23.9 Å². The number of esters is 1. The lowest BCUT2D eigenvalue weighted by Crippen LogP contribution is -2.17. The molecule has 1 N–H and O–H groups in total. The lowest BCUT2D eigenvalue weighted by atomic mass is 10.0. The van der Waals surface area contributed by atoms with E-state index in [0.717, 1.165) is 19.2 Å². The summed E-state index contributed by atoms with van der Waals surface area (Å²) in [6.07, 6.45) is -4.90. The summed E-state index contributed by atoms with van der Waals surface area (Å²) in [6.45, 7) is 6.96. The third kappa shape index (κ3) is 2.85. The summed E-state index contributed by atoms with van der Waals surface area (Å²) < 4.78 is 44.8. The average molecular weight is 312 g/mol. The highest BCUT2D eigenvalue weighted by Crippen LogP contribution is 2.38. The van der Waals surface area contributed by atoms with Gasteiger partial charge in [-0.1, -0.05) is 0 Å². The van der Waals surface area contributed by atoms with E-state index in [1.807, 2.05) is 0 Å². The number of hydrogen-bond donors (Lipinski definition) is 1. The lowest BCUT2D eigenvalue weighted by Gasteiger charge is -2.10. The number of benzene rings is 1. The van der Waals surface area contributed by atoms with Gasteiger partial charge in [-0.25, -0.2) is 4.85 Å². The van der Waals surface area contributed by atoms with Crippen molar-refractivity contribution in [2.45, 2.75) is 6.36 Å². The van der Waals surface area contributed by atoms with Crippen LogP contribution in [0.4, 0.5) is 18.9 Å². The maximum absolute atomic E-state index is 12.2. The molecule has 1 aliphatic heterocycles. The van der Waals surface area contributed by atoms with Crippen molar-refractivity contribution >= 4 is 23.1 Å². The van der Waals surface area contributed by atoms with E-state index >= 15 is 0 Å². The van der Waals surface area contributed by atoms with E-state index in [-0.39, 0.29) is 16.8 Å². The van der Waals surface area contributed by atoms with Crippen LogP contribution in [0.1, 0.15) is 5.56 Å². The average Bonchev–Trinajstić information content (AvgIpc) is 2.74. The second-order valence-corrected chi connectivity index (χ2v) is 4.04. The normalized spacial score (nSPS) is 15.5. The first kappa shape index (κ1) is 15.4. The van der Waals surface area contributed by atoms with Gasteiger partial charge in [-0.05, 0) is 18.2 Å². The van der Waals surface area contributed by atoms with Crippen LogP contribution in [0.2, 0.25) is 0 Å². The van der Waals surface area contributed by atoms with E-state index in [4.69, 9.17) is 6.57 Å². The molecule has 0 saturated heterocycles. The Morgan fingerprint density at radius 3 is 2.59 bits per heavy atom. The minimum absolute atomic E-state index is 0.0388. The molecular weight excluding hydrogens is 305 g/mol. The maximum Gasteiger partial charge on any atom is 0.573 e. The molecule has 0 spiro atoms. The summed E-state index contributed by atoms with van der Waals surface area (Å²) in [5, 5.41) is 2.35. The van der Waals surface area contributed by atoms with Crippen LogP contribution >= 0.6 is 0 Å². The Hall–Kier alpha value is -3.02. The molecular formula is C13H7F3N2O4. The van der Waals surface area contributed by atoms with E-state index in [1.165, 1.54) is 6.07 Å². The van der Waals surface area contributed by atoms with Gasteiger partial charge in [0.2, 0.25) is 5.91 Å². The number of nitrogens with one attached hydrogen (secondary N) is 1. The third-order valence-corrected chi connectivity index (χ3v) is 2.70. The lowest BCUT2D eigenvalue weighted by molar-refractivity contribution is -0.274. The minimum atomic E-state index is -4.90. The molecule has 0 atom stereocenters. The molecule has 0 bridgehead atoms. The van der Waals surface area contributed by atoms with Gasteiger partial charge in [0, 0.05) is 11.3 Å². The van der Waals surface area contributed by atoms with Gasteiger partial charge in [-0.2, -0.15) is 0 Å². The number of alkyl halides is 3. The molecule has 1 aliphatic rings. The molecule has 1 heterocycles. The second kappa shape index (κ2) is 5.40. The Balaban J connectivity index is 2.58. The number of nitrogens with zero attached hydrogens (tertiary/aromatic N) is 1. The number of halogens is 3. The SMILES string of the molecule is [C-]#[N+]/C(C(=O)OC)=C1/C(=O)Nc2ccc(OC(F)(F)F)cc21. The molecule has 1 amide bonds. The molecule has 0 radical (unpaired) electrons. The monoisotopic (exact) mass is 312 g/mol. The maximum atomic E-state index is 12.2. The number of anilines is 1. The second-order valence-electron chi connectivity index (χ2n) is 4.04. The van der Waals surface area contributed by atoms with Gasteiger partial charge in [0.05, 0.1) is 19.3 Å². The van der Waals surface area contributed by atoms with Gasteiger partial charge >= 0.3 is 12.3 Å². The first-order valence-electron chi connectivity index (χ1n) is 5.68. The van der Waals surface area contributed by atoms with E-state index < -0.39 is 29.7 Å². The Morgan fingerprint density at radius 2 is 2.05 bits per heavy atom. The van der Waals surface area contributed by atoms with Crippen LogP contribution in [-0.2, 0) is 14.3 Å². The smallest absolute Gasteiger partial charge is 0.474 e. The summed E-state index contributed by atoms with van der Waals surface area (Å²) in [6, 6.07) is 3.11. The van der Waals surface area contributed by atoms with Crippen molar-refractivity contribution in [1.82, 2.24) is 0 Å². The predicted molar refractivity (Wildman–Crippen MR) is 67.3 cm³/mol. The molecule has 0 fully saturated rings. The van der Waals surface area contributed by atoms with Crippen LogP contribution in [0.5, 0.6) is 5.75 Å². The quantitative estimate of drug-likeness (QED) is 0.517. The van der Waals surface area contributed by atoms with E-state index in [2.05, 4.69) is 19.6 Å². The molecule has 0 unspecified atom stereocenters. The van der Waals surface area contributed by atoms with Gasteiger partial charge in [0.1, 0.15) is 5.75 Å². The fraction of sp³-hybridized carbons (Fsp3) is 0.154. The van der Waals surface area contributed by atoms with Crippen molar-refractivity contribution in [2.75, 3.05) is 12.4 Å². The van der Waals surface area contributed by atoms with Crippen molar-refractivity contribution in [1.29, 1.82) is 0 Å². The summed E-state index contributed by atoms with van der Waals surface area (Å²) in [5.41, 5.74) is -0.852. The molecule has 6 nitrogen and oxygen atoms in total. The van der Waals surface area contributed by atoms with Gasteiger partial charge < -0.3 is 14.8 Å². The number of carbonyl (C=O) groups excluding carboxylic acids is 2. The van der Waals surface area contributed by atoms with Crippen molar-refractivity contribution in [3.8, 4) is 5.75 Å². The van der Waals surface area contributed by atoms with Crippen LogP contribution in [-0.4, -0.2) is 25.3 Å². The Bertz CT molecular complexity index is 732. The Labute approximate surface area is 121 Å². The summed E-state index contributed by atoms with van der Waals surface area (Å²) >= 11 is 0. The molecule has 0 aliphatic carbocycles. The fourth-order valence-corrected chi connectivity index (χ4v) is 1.88. The highest BCUT2D eigenvalue weighted by Gasteiger charge is 2.34. The third-order valence-electron chi connectivity index (χ3n) is 2.70. The van der Waals surface area contributed by atoms with Gasteiger partial charge in [-0.3, -0.25) is 9.59 Å². The van der Waals surface area contributed by atoms with Crippen LogP contribution < -0.4 is 10.1 Å². The molecule has 114 valence electrons. The molecule has 1 aromatic rings. The van der Waals surface area contributed by atoms with E-state index in [1.54, 1.807) is 0 Å². The zero-order valence-electron chi connectivity index (χ0n) is 10.9. The molecule has 1 aromatic carbocycles. The van der Waals surface area contributed by atoms with Gasteiger partial charge in [0.25, 0.3) is 5.70 Å². The topological polar surface area (TPSA) is 69.0 Å². The first-order chi connectivity index (χ1) is 10.3. The first-order valence-corrected chi connectivity index (χ1v) is 5.68. The summed E-state index contributed by atoms with van der Waals surface area (Å²) in [5.74, 6) is -2.42. The van der Waals surface area contributed by atoms with Crippen LogP contribution in [0.3, 0.4) is 0 Å². The standard InChI is InChI=1S/C13H7F3N2O4/c1-17-10(12(20)21-2)9-7-5-6(22-13(14,15)16)3-4-8(7)18-11(9)19/h3-5H,2H3,(H,18,19)/b10-9+. The number of hydrogen-bond acceptors (Lipinski definition) is 4. The summed E-state index contributed by atoms with van der Waals surface area (Å²) in [7, 11) is 1.02. The van der Waals surface area contributed by atoms with Gasteiger partial charge in [0.15, 0.2) is 0 Å². The Kier molecular flexibility index (Phi) is 3.77. The van der Waals surface area contributed by atoms with Crippen LogP contribution in [0, 0.1) is 6.57 Å². The molecule has 0 saturated carbocycles. The van der Waals surface area contributed by atoms with Crippen molar-refractivity contribution in [3.05, 3.63) is 40.9 Å². The fourth-order valence-electron chi connectivity index (χ4n) is 1.88. The number of carbonyl (C=O) groups is 2. The van der Waals surface area contributed by atoms with E-state index in [0.29, 0.717) is 0 Å².